The predicted molar refractivity (Wildman–Crippen MR) is 77.3 cm³/mol. The van der Waals surface area contributed by atoms with E-state index in [4.69, 9.17) is 9.26 Å². The normalized spacial score (nSPS) is 27.8. The Morgan fingerprint density at radius 2 is 2.25 bits per heavy atom. The topological polar surface area (TPSA) is 60.2 Å². The van der Waals surface area contributed by atoms with Crippen molar-refractivity contribution in [2.24, 2.45) is 5.92 Å². The van der Waals surface area contributed by atoms with Crippen LogP contribution in [0.1, 0.15) is 65.1 Å². The quantitative estimate of drug-likeness (QED) is 0.899. The number of hydrogen-bond acceptors (Lipinski definition) is 5. The third kappa shape index (κ3) is 2.88. The molecule has 0 spiro atoms. The van der Waals surface area contributed by atoms with Gasteiger partial charge in [-0.15, -0.1) is 0 Å². The minimum Gasteiger partial charge on any atom is -0.370 e. The molecule has 0 saturated heterocycles. The summed E-state index contributed by atoms with van der Waals surface area (Å²) in [7, 11) is 1.75. The molecule has 1 aromatic heterocycles. The molecule has 2 rings (SSSR count). The molecule has 1 fully saturated rings. The van der Waals surface area contributed by atoms with Crippen molar-refractivity contribution in [1.29, 1.82) is 0 Å². The van der Waals surface area contributed by atoms with Crippen LogP contribution >= 0.6 is 0 Å². The predicted octanol–water partition coefficient (Wildman–Crippen LogP) is 2.97. The van der Waals surface area contributed by atoms with E-state index in [2.05, 4.69) is 43.2 Å². The Balaban J connectivity index is 2.26. The van der Waals surface area contributed by atoms with Gasteiger partial charge in [0.15, 0.2) is 0 Å². The molecule has 5 heteroatoms. The second-order valence-electron chi connectivity index (χ2n) is 6.48. The molecule has 2 atom stereocenters. The molecule has 1 heterocycles. The fourth-order valence-electron chi connectivity index (χ4n) is 3.16. The van der Waals surface area contributed by atoms with Crippen molar-refractivity contribution in [1.82, 2.24) is 15.5 Å². The molecule has 0 bridgehead atoms. The first-order valence-corrected chi connectivity index (χ1v) is 7.58. The molecule has 1 aromatic rings. The average Bonchev–Trinajstić information content (AvgIpc) is 2.89. The minimum absolute atomic E-state index is 0.310. The van der Waals surface area contributed by atoms with E-state index < -0.39 is 0 Å². The van der Waals surface area contributed by atoms with Gasteiger partial charge in [0.1, 0.15) is 5.60 Å². The molecule has 0 radical (unpaired) electrons. The second-order valence-corrected chi connectivity index (χ2v) is 6.48. The van der Waals surface area contributed by atoms with Crippen LogP contribution in [0.25, 0.3) is 0 Å². The summed E-state index contributed by atoms with van der Waals surface area (Å²) >= 11 is 0. The van der Waals surface area contributed by atoms with Crippen LogP contribution in [0.4, 0.5) is 0 Å². The molecule has 114 valence electrons. The zero-order chi connectivity index (χ0) is 14.8. The van der Waals surface area contributed by atoms with Crippen LogP contribution in [0.2, 0.25) is 0 Å². The van der Waals surface area contributed by atoms with Gasteiger partial charge in [0.2, 0.25) is 11.7 Å². The van der Waals surface area contributed by atoms with Gasteiger partial charge in [0.25, 0.3) is 0 Å². The van der Waals surface area contributed by atoms with Crippen molar-refractivity contribution in [2.45, 2.75) is 64.5 Å². The van der Waals surface area contributed by atoms with E-state index in [0.29, 0.717) is 17.6 Å². The average molecular weight is 281 g/mol. The van der Waals surface area contributed by atoms with Gasteiger partial charge in [-0.05, 0) is 45.6 Å². The van der Waals surface area contributed by atoms with Crippen LogP contribution in [0.15, 0.2) is 4.52 Å². The van der Waals surface area contributed by atoms with Crippen molar-refractivity contribution >= 4 is 0 Å². The fourth-order valence-corrected chi connectivity index (χ4v) is 3.16. The van der Waals surface area contributed by atoms with Gasteiger partial charge < -0.3 is 14.6 Å². The van der Waals surface area contributed by atoms with Gasteiger partial charge in [-0.1, -0.05) is 25.4 Å². The lowest BCUT2D eigenvalue weighted by Gasteiger charge is -2.36. The van der Waals surface area contributed by atoms with E-state index in [1.165, 1.54) is 6.42 Å². The number of rotatable bonds is 5. The van der Waals surface area contributed by atoms with Crippen LogP contribution < -0.4 is 5.32 Å². The van der Waals surface area contributed by atoms with Crippen molar-refractivity contribution in [3.63, 3.8) is 0 Å². The number of ether oxygens (including phenoxy) is 1. The summed E-state index contributed by atoms with van der Waals surface area (Å²) in [4.78, 5) is 4.64. The highest BCUT2D eigenvalue weighted by Gasteiger charge is 2.42. The summed E-state index contributed by atoms with van der Waals surface area (Å²) < 4.78 is 11.3. The highest BCUT2D eigenvalue weighted by Crippen LogP contribution is 2.41. The summed E-state index contributed by atoms with van der Waals surface area (Å²) in [5.74, 6) is 1.96. The monoisotopic (exact) mass is 281 g/mol. The third-order valence-electron chi connectivity index (χ3n) is 4.33. The van der Waals surface area contributed by atoms with Gasteiger partial charge >= 0.3 is 0 Å². The van der Waals surface area contributed by atoms with Crippen LogP contribution in [-0.2, 0) is 15.9 Å². The number of nitrogens with zero attached hydrogens (tertiary/aromatic N) is 2. The molecule has 20 heavy (non-hydrogen) atoms. The van der Waals surface area contributed by atoms with Gasteiger partial charge in [-0.3, -0.25) is 0 Å². The van der Waals surface area contributed by atoms with Crippen molar-refractivity contribution < 1.29 is 9.26 Å². The molecule has 1 N–H and O–H groups in total. The van der Waals surface area contributed by atoms with Crippen LogP contribution in [0.5, 0.6) is 0 Å². The molecule has 1 saturated carbocycles. The molecular weight excluding hydrogens is 254 g/mol. The lowest BCUT2D eigenvalue weighted by molar-refractivity contribution is -0.0658. The first kappa shape index (κ1) is 15.4. The number of nitrogens with one attached hydrogen (secondary N) is 1. The zero-order valence-electron chi connectivity index (χ0n) is 13.3. The Morgan fingerprint density at radius 1 is 1.50 bits per heavy atom. The van der Waals surface area contributed by atoms with E-state index >= 15 is 0 Å². The molecule has 1 aliphatic carbocycles. The Hall–Kier alpha value is -0.940. The molecule has 0 amide bonds. The summed E-state index contributed by atoms with van der Waals surface area (Å²) in [6.07, 6.45) is 4.33. The van der Waals surface area contributed by atoms with Gasteiger partial charge in [0.05, 0.1) is 5.54 Å². The lowest BCUT2D eigenvalue weighted by atomic mass is 9.78. The summed E-state index contributed by atoms with van der Waals surface area (Å²) in [5, 5.41) is 7.57. The molecule has 1 aliphatic rings. The first-order chi connectivity index (χ1) is 9.43. The van der Waals surface area contributed by atoms with Gasteiger partial charge in [-0.25, -0.2) is 0 Å². The first-order valence-electron chi connectivity index (χ1n) is 7.58. The zero-order valence-corrected chi connectivity index (χ0v) is 13.3. The van der Waals surface area contributed by atoms with Crippen LogP contribution in [0.3, 0.4) is 0 Å². The number of aromatic nitrogens is 2. The molecule has 5 nitrogen and oxygen atoms in total. The Labute approximate surface area is 121 Å². The number of hydrogen-bond donors (Lipinski definition) is 1. The lowest BCUT2D eigenvalue weighted by Crippen LogP contribution is -2.38. The minimum atomic E-state index is -0.373. The number of methoxy groups -OCH3 is 1. The van der Waals surface area contributed by atoms with Crippen molar-refractivity contribution in [3.05, 3.63) is 11.7 Å². The van der Waals surface area contributed by atoms with E-state index in [0.717, 1.165) is 25.8 Å². The van der Waals surface area contributed by atoms with E-state index in [1.54, 1.807) is 7.11 Å². The van der Waals surface area contributed by atoms with E-state index in [9.17, 15) is 0 Å². The highest BCUT2D eigenvalue weighted by molar-refractivity contribution is 5.07. The van der Waals surface area contributed by atoms with E-state index in [1.807, 2.05) is 0 Å². The summed E-state index contributed by atoms with van der Waals surface area (Å²) in [6, 6.07) is 0. The third-order valence-corrected chi connectivity index (χ3v) is 4.33. The maximum atomic E-state index is 5.82. The molecule has 2 unspecified atom stereocenters. The standard InChI is InChI=1S/C15H27N3O2/c1-6-16-14(3,4)13-17-12(18-20-13)15(19-5)9-7-8-11(2)10-15/h11,16H,6-10H2,1-5H3. The Bertz CT molecular complexity index is 444. The van der Waals surface area contributed by atoms with Crippen LogP contribution in [-0.4, -0.2) is 23.8 Å². The highest BCUT2D eigenvalue weighted by atomic mass is 16.5. The summed E-state index contributed by atoms with van der Waals surface area (Å²) in [5.41, 5.74) is -0.684. The van der Waals surface area contributed by atoms with Gasteiger partial charge in [0, 0.05) is 7.11 Å². The maximum absolute atomic E-state index is 5.82. The Morgan fingerprint density at radius 3 is 2.85 bits per heavy atom. The van der Waals surface area contributed by atoms with Crippen LogP contribution in [0, 0.1) is 5.92 Å². The smallest absolute Gasteiger partial charge is 0.246 e. The Kier molecular flexibility index (Phi) is 4.49. The second kappa shape index (κ2) is 5.82. The van der Waals surface area contributed by atoms with Crippen molar-refractivity contribution in [2.75, 3.05) is 13.7 Å². The van der Waals surface area contributed by atoms with Gasteiger partial charge in [-0.2, -0.15) is 4.98 Å². The molecule has 0 aliphatic heterocycles. The summed E-state index contributed by atoms with van der Waals surface area (Å²) in [6.45, 7) is 9.29. The molecular formula is C15H27N3O2. The fraction of sp³-hybridized carbons (Fsp3) is 0.867. The molecule has 0 aromatic carbocycles. The largest absolute Gasteiger partial charge is 0.370 e. The van der Waals surface area contributed by atoms with E-state index in [-0.39, 0.29) is 11.1 Å². The van der Waals surface area contributed by atoms with Crippen molar-refractivity contribution in [3.8, 4) is 0 Å². The SMILES string of the molecule is CCNC(C)(C)c1nc(C2(OC)CCCC(C)C2)no1. The maximum Gasteiger partial charge on any atom is 0.246 e.